The van der Waals surface area contributed by atoms with Crippen LogP contribution in [0.4, 0.5) is 0 Å². The summed E-state index contributed by atoms with van der Waals surface area (Å²) in [4.78, 5) is 25.6. The van der Waals surface area contributed by atoms with Crippen molar-refractivity contribution in [2.75, 3.05) is 0 Å². The topological polar surface area (TPSA) is 49.4 Å². The third kappa shape index (κ3) is 4.33. The van der Waals surface area contributed by atoms with Gasteiger partial charge in [0.1, 0.15) is 0 Å². The summed E-state index contributed by atoms with van der Waals surface area (Å²) in [6.45, 7) is 5.14. The molecule has 0 heterocycles. The molecule has 0 aromatic heterocycles. The number of amides is 2. The zero-order valence-electron chi connectivity index (χ0n) is 17.0. The number of hydrogen-bond acceptors (Lipinski definition) is 2. The van der Waals surface area contributed by atoms with Crippen LogP contribution in [0.3, 0.4) is 0 Å². The van der Waals surface area contributed by atoms with Crippen molar-refractivity contribution in [3.05, 3.63) is 70.7 Å². The van der Waals surface area contributed by atoms with Crippen molar-refractivity contribution in [3.8, 4) is 0 Å². The number of carbonyl (C=O) groups excluding carboxylic acids is 2. The smallest absolute Gasteiger partial charge is 0.267 e. The molecule has 0 bridgehead atoms. The van der Waals surface area contributed by atoms with E-state index in [2.05, 4.69) is 5.43 Å². The lowest BCUT2D eigenvalue weighted by Gasteiger charge is -2.35. The maximum Gasteiger partial charge on any atom is 0.272 e. The van der Waals surface area contributed by atoms with E-state index in [0.29, 0.717) is 5.56 Å². The third-order valence-corrected chi connectivity index (χ3v) is 3.12. The van der Waals surface area contributed by atoms with E-state index in [-0.39, 0.29) is 5.02 Å². The largest absolute Gasteiger partial charge is 0.272 e. The van der Waals surface area contributed by atoms with Gasteiger partial charge in [-0.3, -0.25) is 15.0 Å². The number of rotatable bonds is 2. The summed E-state index contributed by atoms with van der Waals surface area (Å²) in [5.74, 6) is -1.40. The van der Waals surface area contributed by atoms with Gasteiger partial charge in [-0.05, 0) is 57.1 Å². The molecular formula is C18H19ClN2O2. The predicted octanol–water partition coefficient (Wildman–Crippen LogP) is 3.93. The van der Waals surface area contributed by atoms with Crippen LogP contribution in [0.5, 0.6) is 0 Å². The molecule has 2 rings (SSSR count). The molecule has 0 radical (unpaired) electrons. The standard InChI is InChI=1S/C18H19ClN2O2/c1-18(2,3)21(17(23)14-7-5-4-6-8-14)20-16(22)13-9-11-15(19)12-10-13/h4-12H,1-3H3,(H,20,22)/i9D,10D,11D,12D. The third-order valence-electron chi connectivity index (χ3n) is 2.93. The van der Waals surface area contributed by atoms with Crippen molar-refractivity contribution in [2.45, 2.75) is 26.3 Å². The summed E-state index contributed by atoms with van der Waals surface area (Å²) < 4.78 is 31.4. The van der Waals surface area contributed by atoms with E-state index in [1.54, 1.807) is 51.1 Å². The highest BCUT2D eigenvalue weighted by Gasteiger charge is 2.29. The molecule has 23 heavy (non-hydrogen) atoms. The summed E-state index contributed by atoms with van der Waals surface area (Å²) in [5.41, 5.74) is 1.48. The molecule has 0 atom stereocenters. The SMILES string of the molecule is [2H]c1c([2H])c(C(=O)NN(C(=O)c2ccccc2)C(C)(C)C)c([2H])c([2H])c1Cl. The molecule has 0 aliphatic rings. The van der Waals surface area contributed by atoms with Gasteiger partial charge in [-0.15, -0.1) is 0 Å². The average molecular weight is 335 g/mol. The fourth-order valence-corrected chi connectivity index (χ4v) is 1.90. The van der Waals surface area contributed by atoms with Crippen molar-refractivity contribution >= 4 is 23.4 Å². The summed E-state index contributed by atoms with van der Waals surface area (Å²) >= 11 is 5.76. The number of benzene rings is 2. The Labute approximate surface area is 146 Å². The first-order valence-corrected chi connectivity index (χ1v) is 7.31. The van der Waals surface area contributed by atoms with Gasteiger partial charge in [0.25, 0.3) is 11.8 Å². The average Bonchev–Trinajstić information content (AvgIpc) is 2.62. The molecule has 2 aromatic carbocycles. The minimum absolute atomic E-state index is 0.350. The van der Waals surface area contributed by atoms with Crippen molar-refractivity contribution in [1.82, 2.24) is 10.4 Å². The molecule has 0 unspecified atom stereocenters. The Kier molecular flexibility index (Phi) is 3.61. The van der Waals surface area contributed by atoms with Crippen LogP contribution in [0, 0.1) is 0 Å². The van der Waals surface area contributed by atoms with Crippen LogP contribution in [-0.2, 0) is 0 Å². The molecule has 5 heteroatoms. The second kappa shape index (κ2) is 6.84. The molecule has 0 spiro atoms. The van der Waals surface area contributed by atoms with Crippen molar-refractivity contribution < 1.29 is 15.1 Å². The van der Waals surface area contributed by atoms with Crippen molar-refractivity contribution in [1.29, 1.82) is 0 Å². The van der Waals surface area contributed by atoms with Crippen LogP contribution in [0.1, 0.15) is 47.0 Å². The Morgan fingerprint density at radius 1 is 1.04 bits per heavy atom. The van der Waals surface area contributed by atoms with Gasteiger partial charge >= 0.3 is 0 Å². The molecule has 1 N–H and O–H groups in total. The molecule has 0 aliphatic carbocycles. The van der Waals surface area contributed by atoms with E-state index in [1.165, 1.54) is 0 Å². The van der Waals surface area contributed by atoms with E-state index in [0.717, 1.165) is 5.01 Å². The van der Waals surface area contributed by atoms with Gasteiger partial charge in [-0.25, -0.2) is 5.01 Å². The molecule has 2 aromatic rings. The van der Waals surface area contributed by atoms with E-state index >= 15 is 0 Å². The quantitative estimate of drug-likeness (QED) is 0.846. The van der Waals surface area contributed by atoms with Crippen LogP contribution in [0.25, 0.3) is 0 Å². The molecule has 0 fully saturated rings. The number of nitrogens with zero attached hydrogens (tertiary/aromatic N) is 1. The predicted molar refractivity (Wildman–Crippen MR) is 91.3 cm³/mol. The highest BCUT2D eigenvalue weighted by molar-refractivity contribution is 6.30. The zero-order chi connectivity index (χ0) is 20.5. The van der Waals surface area contributed by atoms with E-state index < -0.39 is 47.1 Å². The zero-order valence-corrected chi connectivity index (χ0v) is 13.8. The van der Waals surface area contributed by atoms with Crippen LogP contribution in [0.2, 0.25) is 5.02 Å². The lowest BCUT2D eigenvalue weighted by atomic mass is 10.1. The van der Waals surface area contributed by atoms with Gasteiger partial charge in [-0.1, -0.05) is 29.8 Å². The molecule has 2 amide bonds. The normalized spacial score (nSPS) is 13.4. The first-order valence-electron chi connectivity index (χ1n) is 8.93. The summed E-state index contributed by atoms with van der Waals surface area (Å²) in [6.07, 6.45) is 0. The Hall–Kier alpha value is -2.33. The van der Waals surface area contributed by atoms with Crippen molar-refractivity contribution in [2.24, 2.45) is 0 Å². The Morgan fingerprint density at radius 2 is 1.61 bits per heavy atom. The van der Waals surface area contributed by atoms with Gasteiger partial charge in [0, 0.05) is 16.1 Å². The first-order chi connectivity index (χ1) is 12.5. The lowest BCUT2D eigenvalue weighted by Crippen LogP contribution is -2.55. The number of hydrazine groups is 1. The number of hydrogen-bond donors (Lipinski definition) is 1. The second-order valence-electron chi connectivity index (χ2n) is 5.81. The summed E-state index contributed by atoms with van der Waals surface area (Å²) in [6, 6.07) is 6.18. The van der Waals surface area contributed by atoms with Crippen LogP contribution in [-0.4, -0.2) is 22.4 Å². The molecule has 0 aliphatic heterocycles. The number of nitrogens with one attached hydrogen (secondary N) is 1. The summed E-state index contributed by atoms with van der Waals surface area (Å²) in [5, 5.41) is 0.736. The highest BCUT2D eigenvalue weighted by Crippen LogP contribution is 2.16. The van der Waals surface area contributed by atoms with Gasteiger partial charge in [0.05, 0.1) is 11.0 Å². The summed E-state index contributed by atoms with van der Waals surface area (Å²) in [7, 11) is 0. The highest BCUT2D eigenvalue weighted by atomic mass is 35.5. The van der Waals surface area contributed by atoms with E-state index in [1.807, 2.05) is 0 Å². The molecular weight excluding hydrogens is 312 g/mol. The molecule has 120 valence electrons. The minimum atomic E-state index is -0.928. The van der Waals surface area contributed by atoms with Gasteiger partial charge in [0.2, 0.25) is 0 Å². The van der Waals surface area contributed by atoms with Crippen molar-refractivity contribution in [3.63, 3.8) is 0 Å². The Balaban J connectivity index is 2.46. The van der Waals surface area contributed by atoms with Gasteiger partial charge < -0.3 is 0 Å². The monoisotopic (exact) mass is 334 g/mol. The van der Waals surface area contributed by atoms with E-state index in [9.17, 15) is 9.59 Å². The Morgan fingerprint density at radius 3 is 2.13 bits per heavy atom. The van der Waals surface area contributed by atoms with Gasteiger partial charge in [0.15, 0.2) is 0 Å². The minimum Gasteiger partial charge on any atom is -0.267 e. The van der Waals surface area contributed by atoms with E-state index in [4.69, 9.17) is 17.1 Å². The maximum absolute atomic E-state index is 12.8. The van der Waals surface area contributed by atoms with Gasteiger partial charge in [-0.2, -0.15) is 0 Å². The molecule has 4 nitrogen and oxygen atoms in total. The molecule has 0 saturated carbocycles. The van der Waals surface area contributed by atoms with Crippen LogP contribution < -0.4 is 5.43 Å². The van der Waals surface area contributed by atoms with Crippen LogP contribution >= 0.6 is 11.6 Å². The number of carbonyl (C=O) groups is 2. The number of halogens is 1. The fourth-order valence-electron chi connectivity index (χ4n) is 1.80. The molecule has 0 saturated heterocycles. The Bertz CT molecular complexity index is 869. The first kappa shape index (κ1) is 12.1. The fraction of sp³-hybridized carbons (Fsp3) is 0.222. The lowest BCUT2D eigenvalue weighted by molar-refractivity contribution is 0.0358. The maximum atomic E-state index is 12.8. The van der Waals surface area contributed by atoms with Crippen LogP contribution in [0.15, 0.2) is 54.5 Å². The second-order valence-corrected chi connectivity index (χ2v) is 6.19.